The zero-order valence-corrected chi connectivity index (χ0v) is 9.64. The lowest BCUT2D eigenvalue weighted by Crippen LogP contribution is -1.98. The SMILES string of the molecule is Cn1ncnc1Sc1nc(N)nc2[nH]ncc12. The molecule has 3 aromatic heterocycles. The number of hydrogen-bond donors (Lipinski definition) is 2. The van der Waals surface area contributed by atoms with Gasteiger partial charge in [-0.1, -0.05) is 0 Å². The Kier molecular flexibility index (Phi) is 2.18. The summed E-state index contributed by atoms with van der Waals surface area (Å²) >= 11 is 1.37. The van der Waals surface area contributed by atoms with Crippen LogP contribution in [-0.4, -0.2) is 34.9 Å². The highest BCUT2D eigenvalue weighted by Crippen LogP contribution is 2.29. The molecule has 0 aromatic carbocycles. The third kappa shape index (κ3) is 1.69. The predicted octanol–water partition coefficient (Wildman–Crippen LogP) is 0.215. The van der Waals surface area contributed by atoms with Crippen LogP contribution in [0.3, 0.4) is 0 Å². The zero-order valence-electron chi connectivity index (χ0n) is 8.82. The normalized spacial score (nSPS) is 11.1. The first-order valence-electron chi connectivity index (χ1n) is 4.72. The molecule has 86 valence electrons. The monoisotopic (exact) mass is 248 g/mol. The average molecular weight is 248 g/mol. The fourth-order valence-electron chi connectivity index (χ4n) is 1.37. The van der Waals surface area contributed by atoms with E-state index in [0.29, 0.717) is 10.7 Å². The summed E-state index contributed by atoms with van der Waals surface area (Å²) < 4.78 is 1.66. The second-order valence-electron chi connectivity index (χ2n) is 3.29. The van der Waals surface area contributed by atoms with Crippen molar-refractivity contribution >= 4 is 28.7 Å². The Balaban J connectivity index is 2.11. The van der Waals surface area contributed by atoms with Gasteiger partial charge in [-0.05, 0) is 11.8 Å². The van der Waals surface area contributed by atoms with Crippen molar-refractivity contribution in [3.8, 4) is 0 Å². The number of aryl methyl sites for hydroxylation is 1. The molecule has 0 bridgehead atoms. The van der Waals surface area contributed by atoms with Gasteiger partial charge < -0.3 is 5.73 Å². The van der Waals surface area contributed by atoms with Crippen molar-refractivity contribution < 1.29 is 0 Å². The summed E-state index contributed by atoms with van der Waals surface area (Å²) in [6.45, 7) is 0. The maximum absolute atomic E-state index is 5.62. The predicted molar refractivity (Wildman–Crippen MR) is 61.2 cm³/mol. The third-order valence-corrected chi connectivity index (χ3v) is 3.21. The molecular formula is C8H8N8S. The van der Waals surface area contributed by atoms with Crippen LogP contribution in [0.25, 0.3) is 11.0 Å². The molecule has 0 saturated heterocycles. The van der Waals surface area contributed by atoms with Gasteiger partial charge in [-0.2, -0.15) is 15.2 Å². The molecule has 3 N–H and O–H groups in total. The van der Waals surface area contributed by atoms with Crippen molar-refractivity contribution in [3.05, 3.63) is 12.5 Å². The Morgan fingerprint density at radius 1 is 1.41 bits per heavy atom. The van der Waals surface area contributed by atoms with E-state index in [1.807, 2.05) is 7.05 Å². The molecule has 0 amide bonds. The maximum atomic E-state index is 5.62. The Bertz CT molecular complexity index is 671. The lowest BCUT2D eigenvalue weighted by atomic mass is 10.4. The molecule has 8 nitrogen and oxygen atoms in total. The van der Waals surface area contributed by atoms with Gasteiger partial charge in [0.25, 0.3) is 0 Å². The van der Waals surface area contributed by atoms with Gasteiger partial charge in [-0.3, -0.25) is 5.10 Å². The van der Waals surface area contributed by atoms with E-state index < -0.39 is 0 Å². The second kappa shape index (κ2) is 3.70. The summed E-state index contributed by atoms with van der Waals surface area (Å²) in [5.74, 6) is 0.200. The minimum absolute atomic E-state index is 0.200. The standard InChI is InChI=1S/C8H8N8S/c1-16-8(10-3-12-16)17-6-4-2-11-15-5(4)13-7(9)14-6/h2-3H,1H3,(H3,9,11,13,14,15). The smallest absolute Gasteiger partial charge is 0.223 e. The number of nitrogens with zero attached hydrogens (tertiary/aromatic N) is 6. The minimum Gasteiger partial charge on any atom is -0.368 e. The lowest BCUT2D eigenvalue weighted by Gasteiger charge is -2.01. The number of anilines is 1. The zero-order chi connectivity index (χ0) is 11.8. The fraction of sp³-hybridized carbons (Fsp3) is 0.125. The van der Waals surface area contributed by atoms with E-state index in [9.17, 15) is 0 Å². The number of hydrogen-bond acceptors (Lipinski definition) is 7. The summed E-state index contributed by atoms with van der Waals surface area (Å²) in [7, 11) is 1.81. The van der Waals surface area contributed by atoms with Crippen LogP contribution in [0.15, 0.2) is 22.7 Å². The molecule has 3 heterocycles. The highest BCUT2D eigenvalue weighted by atomic mass is 32.2. The fourth-order valence-corrected chi connectivity index (χ4v) is 2.22. The highest BCUT2D eigenvalue weighted by Gasteiger charge is 2.12. The molecule has 0 aliphatic carbocycles. The molecule has 0 saturated carbocycles. The Labute approximate surface area is 99.7 Å². The molecule has 0 fully saturated rings. The lowest BCUT2D eigenvalue weighted by molar-refractivity contribution is 0.685. The van der Waals surface area contributed by atoms with Gasteiger partial charge in [0, 0.05) is 7.05 Å². The van der Waals surface area contributed by atoms with Gasteiger partial charge in [-0.15, -0.1) is 0 Å². The molecular weight excluding hydrogens is 240 g/mol. The molecule has 0 aliphatic heterocycles. The number of aromatic amines is 1. The molecule has 0 spiro atoms. The maximum Gasteiger partial charge on any atom is 0.223 e. The first kappa shape index (κ1) is 10.0. The van der Waals surface area contributed by atoms with E-state index in [1.165, 1.54) is 18.1 Å². The van der Waals surface area contributed by atoms with Gasteiger partial charge in [0.1, 0.15) is 11.4 Å². The van der Waals surface area contributed by atoms with Crippen LogP contribution in [-0.2, 0) is 7.05 Å². The van der Waals surface area contributed by atoms with Crippen LogP contribution in [0.5, 0.6) is 0 Å². The van der Waals surface area contributed by atoms with Crippen LogP contribution in [0.1, 0.15) is 0 Å². The Morgan fingerprint density at radius 2 is 2.29 bits per heavy atom. The van der Waals surface area contributed by atoms with Crippen molar-refractivity contribution in [2.75, 3.05) is 5.73 Å². The number of H-pyrrole nitrogens is 1. The number of fused-ring (bicyclic) bond motifs is 1. The van der Waals surface area contributed by atoms with Gasteiger partial charge in [-0.25, -0.2) is 14.6 Å². The molecule has 3 aromatic rings. The highest BCUT2D eigenvalue weighted by molar-refractivity contribution is 7.99. The van der Waals surface area contributed by atoms with Crippen molar-refractivity contribution in [2.24, 2.45) is 7.05 Å². The van der Waals surface area contributed by atoms with Gasteiger partial charge in [0.2, 0.25) is 5.95 Å². The van der Waals surface area contributed by atoms with Gasteiger partial charge >= 0.3 is 0 Å². The van der Waals surface area contributed by atoms with Crippen LogP contribution in [0.4, 0.5) is 5.95 Å². The first-order valence-corrected chi connectivity index (χ1v) is 5.54. The third-order valence-electron chi connectivity index (χ3n) is 2.15. The van der Waals surface area contributed by atoms with E-state index in [-0.39, 0.29) is 5.95 Å². The second-order valence-corrected chi connectivity index (χ2v) is 4.24. The number of nitrogen functional groups attached to an aromatic ring is 1. The van der Waals surface area contributed by atoms with E-state index in [2.05, 4.69) is 30.2 Å². The van der Waals surface area contributed by atoms with Crippen LogP contribution >= 0.6 is 11.8 Å². The molecule has 9 heteroatoms. The number of rotatable bonds is 2. The largest absolute Gasteiger partial charge is 0.368 e. The summed E-state index contributed by atoms with van der Waals surface area (Å²) in [5.41, 5.74) is 6.24. The van der Waals surface area contributed by atoms with Gasteiger partial charge in [0.05, 0.1) is 11.6 Å². The van der Waals surface area contributed by atoms with E-state index in [4.69, 9.17) is 5.73 Å². The first-order chi connectivity index (χ1) is 8.24. The van der Waals surface area contributed by atoms with E-state index in [1.54, 1.807) is 10.9 Å². The summed E-state index contributed by atoms with van der Waals surface area (Å²) in [6.07, 6.45) is 3.15. The quantitative estimate of drug-likeness (QED) is 0.624. The molecule has 17 heavy (non-hydrogen) atoms. The average Bonchev–Trinajstić information content (AvgIpc) is 2.88. The summed E-state index contributed by atoms with van der Waals surface area (Å²) in [4.78, 5) is 12.3. The minimum atomic E-state index is 0.200. The summed E-state index contributed by atoms with van der Waals surface area (Å²) in [6, 6.07) is 0. The molecule has 0 atom stereocenters. The van der Waals surface area contributed by atoms with Crippen LogP contribution < -0.4 is 5.73 Å². The number of aromatic nitrogens is 7. The topological polar surface area (TPSA) is 111 Å². The Morgan fingerprint density at radius 3 is 3.06 bits per heavy atom. The molecule has 0 radical (unpaired) electrons. The summed E-state index contributed by atoms with van der Waals surface area (Å²) in [5, 5.41) is 12.9. The van der Waals surface area contributed by atoms with Crippen molar-refractivity contribution in [1.29, 1.82) is 0 Å². The van der Waals surface area contributed by atoms with Crippen LogP contribution in [0, 0.1) is 0 Å². The molecule has 0 unspecified atom stereocenters. The van der Waals surface area contributed by atoms with Crippen LogP contribution in [0.2, 0.25) is 0 Å². The van der Waals surface area contributed by atoms with E-state index >= 15 is 0 Å². The van der Waals surface area contributed by atoms with E-state index in [0.717, 1.165) is 10.5 Å². The van der Waals surface area contributed by atoms with Crippen molar-refractivity contribution in [3.63, 3.8) is 0 Å². The molecule has 0 aliphatic rings. The van der Waals surface area contributed by atoms with Crippen molar-refractivity contribution in [1.82, 2.24) is 34.9 Å². The number of nitrogens with one attached hydrogen (secondary N) is 1. The van der Waals surface area contributed by atoms with Gasteiger partial charge in [0.15, 0.2) is 10.8 Å². The van der Waals surface area contributed by atoms with Crippen molar-refractivity contribution in [2.45, 2.75) is 10.2 Å². The molecule has 3 rings (SSSR count). The number of nitrogens with two attached hydrogens (primary N) is 1. The Hall–Kier alpha value is -2.16.